The number of thioether (sulfide) groups is 1. The summed E-state index contributed by atoms with van der Waals surface area (Å²) in [4.78, 5) is 50.9. The van der Waals surface area contributed by atoms with Crippen LogP contribution in [0.1, 0.15) is 31.8 Å². The summed E-state index contributed by atoms with van der Waals surface area (Å²) < 4.78 is 5.86. The highest BCUT2D eigenvalue weighted by atomic mass is 32.2. The third-order valence-corrected chi connectivity index (χ3v) is 7.97. The number of hydrogen-bond acceptors (Lipinski definition) is 7. The minimum Gasteiger partial charge on any atom is -0.507 e. The summed E-state index contributed by atoms with van der Waals surface area (Å²) in [5.41, 5.74) is 2.52. The van der Waals surface area contributed by atoms with Crippen molar-refractivity contribution in [1.82, 2.24) is 5.32 Å². The molecule has 0 aromatic heterocycles. The van der Waals surface area contributed by atoms with Crippen LogP contribution in [-0.2, 0) is 16.2 Å². The number of nitrogens with one attached hydrogen (secondary N) is 3. The van der Waals surface area contributed by atoms with E-state index >= 15 is 0 Å². The molecule has 5 aromatic rings. The van der Waals surface area contributed by atoms with Crippen LogP contribution in [0, 0.1) is 0 Å². The zero-order valence-corrected chi connectivity index (χ0v) is 26.8. The van der Waals surface area contributed by atoms with Crippen molar-refractivity contribution in [3.8, 4) is 11.5 Å². The molecule has 10 nitrogen and oxygen atoms in total. The predicted octanol–water partition coefficient (Wildman–Crippen LogP) is 6.81. The van der Waals surface area contributed by atoms with E-state index in [4.69, 9.17) is 9.84 Å². The number of ether oxygens (including phenoxy) is 1. The highest BCUT2D eigenvalue weighted by molar-refractivity contribution is 8.00. The van der Waals surface area contributed by atoms with Gasteiger partial charge in [0.25, 0.3) is 11.8 Å². The van der Waals surface area contributed by atoms with Crippen molar-refractivity contribution in [3.63, 3.8) is 0 Å². The van der Waals surface area contributed by atoms with Gasteiger partial charge in [0, 0.05) is 21.8 Å². The first-order chi connectivity index (χ1) is 23.7. The summed E-state index contributed by atoms with van der Waals surface area (Å²) in [5, 5.41) is 27.0. The van der Waals surface area contributed by atoms with Gasteiger partial charge in [-0.15, -0.1) is 11.8 Å². The lowest BCUT2D eigenvalue weighted by Crippen LogP contribution is -2.30. The van der Waals surface area contributed by atoms with Crippen LogP contribution in [0.5, 0.6) is 11.5 Å². The molecule has 0 aliphatic carbocycles. The molecule has 0 unspecified atom stereocenters. The first kappa shape index (κ1) is 34.0. The largest absolute Gasteiger partial charge is 0.507 e. The highest BCUT2D eigenvalue weighted by Crippen LogP contribution is 2.24. The Balaban J connectivity index is 1.22. The molecule has 0 fully saturated rings. The fourth-order valence-corrected chi connectivity index (χ4v) is 5.17. The number of carbonyl (C=O) groups excluding carboxylic acids is 3. The quantitative estimate of drug-likeness (QED) is 0.0519. The van der Waals surface area contributed by atoms with E-state index in [0.717, 1.165) is 10.5 Å². The zero-order chi connectivity index (χ0) is 34.6. The molecule has 5 aromatic carbocycles. The standard InChI is InChI=1S/C38H31N3O7S/c42-34-20-15-29(22-32(34)38(46)47)39-35(43)24-49-31-18-13-28(14-19-31)40-37(45)33(41-36(44)27-9-5-2-6-10-27)21-25-11-16-30(17-12-25)48-23-26-7-3-1-4-8-26/h1-22,42H,23-24H2,(H,39,43)(H,40,45)(H,41,44)(H,46,47)/b33-21-. The van der Waals surface area contributed by atoms with E-state index in [2.05, 4.69) is 16.0 Å². The minimum atomic E-state index is -1.31. The van der Waals surface area contributed by atoms with Gasteiger partial charge < -0.3 is 30.9 Å². The van der Waals surface area contributed by atoms with Crippen LogP contribution in [0.15, 0.2) is 138 Å². The Hall–Kier alpha value is -6.33. The van der Waals surface area contributed by atoms with Crippen molar-refractivity contribution in [2.24, 2.45) is 0 Å². The maximum atomic E-state index is 13.4. The summed E-state index contributed by atoms with van der Waals surface area (Å²) >= 11 is 1.24. The van der Waals surface area contributed by atoms with E-state index in [1.165, 1.54) is 30.0 Å². The topological polar surface area (TPSA) is 154 Å². The number of aromatic carboxylic acids is 1. The van der Waals surface area contributed by atoms with Gasteiger partial charge >= 0.3 is 5.97 Å². The molecule has 0 atom stereocenters. The van der Waals surface area contributed by atoms with Crippen LogP contribution >= 0.6 is 11.8 Å². The molecule has 0 radical (unpaired) electrons. The van der Waals surface area contributed by atoms with Gasteiger partial charge in [0.2, 0.25) is 5.91 Å². The van der Waals surface area contributed by atoms with E-state index in [1.54, 1.807) is 84.9 Å². The molecule has 5 rings (SSSR count). The van der Waals surface area contributed by atoms with E-state index in [1.807, 2.05) is 30.3 Å². The molecule has 5 N–H and O–H groups in total. The lowest BCUT2D eigenvalue weighted by molar-refractivity contribution is -0.114. The molecule has 0 heterocycles. The molecule has 0 spiro atoms. The van der Waals surface area contributed by atoms with Crippen LogP contribution in [0.2, 0.25) is 0 Å². The molecular formula is C38H31N3O7S. The number of anilines is 2. The SMILES string of the molecule is O=C(CSc1ccc(NC(=O)/C(=C/c2ccc(OCc3ccccc3)cc2)NC(=O)c2ccccc2)cc1)Nc1ccc(O)c(C(=O)O)c1. The highest BCUT2D eigenvalue weighted by Gasteiger charge is 2.16. The summed E-state index contributed by atoms with van der Waals surface area (Å²) in [7, 11) is 0. The lowest BCUT2D eigenvalue weighted by Gasteiger charge is -2.12. The maximum Gasteiger partial charge on any atom is 0.339 e. The Kier molecular flexibility index (Phi) is 11.4. The van der Waals surface area contributed by atoms with Gasteiger partial charge in [0.05, 0.1) is 5.75 Å². The van der Waals surface area contributed by atoms with E-state index in [9.17, 15) is 24.3 Å². The van der Waals surface area contributed by atoms with Gasteiger partial charge in [-0.05, 0) is 83.9 Å². The van der Waals surface area contributed by atoms with Crippen LogP contribution in [0.4, 0.5) is 11.4 Å². The van der Waals surface area contributed by atoms with Crippen molar-refractivity contribution in [3.05, 3.63) is 155 Å². The van der Waals surface area contributed by atoms with Crippen LogP contribution < -0.4 is 20.7 Å². The second-order valence-corrected chi connectivity index (χ2v) is 11.6. The summed E-state index contributed by atoms with van der Waals surface area (Å²) in [6.07, 6.45) is 1.58. The van der Waals surface area contributed by atoms with Crippen LogP contribution in [0.25, 0.3) is 6.08 Å². The summed E-state index contributed by atoms with van der Waals surface area (Å²) in [6.45, 7) is 0.413. The number of carbonyl (C=O) groups is 4. The van der Waals surface area contributed by atoms with Gasteiger partial charge in [-0.2, -0.15) is 0 Å². The third kappa shape index (κ3) is 10.1. The second kappa shape index (κ2) is 16.5. The van der Waals surface area contributed by atoms with Gasteiger partial charge in [-0.3, -0.25) is 14.4 Å². The van der Waals surface area contributed by atoms with Gasteiger partial charge in [0.1, 0.15) is 29.4 Å². The zero-order valence-electron chi connectivity index (χ0n) is 26.0. The van der Waals surface area contributed by atoms with Gasteiger partial charge in [0.15, 0.2) is 0 Å². The molecule has 49 heavy (non-hydrogen) atoms. The normalized spacial score (nSPS) is 10.9. The first-order valence-electron chi connectivity index (χ1n) is 15.0. The number of carboxylic acids is 1. The molecule has 0 aliphatic rings. The van der Waals surface area contributed by atoms with Crippen molar-refractivity contribution in [2.45, 2.75) is 11.5 Å². The van der Waals surface area contributed by atoms with Crippen LogP contribution in [0.3, 0.4) is 0 Å². The monoisotopic (exact) mass is 673 g/mol. The molecule has 3 amide bonds. The molecule has 0 saturated carbocycles. The Morgan fingerprint density at radius 1 is 0.735 bits per heavy atom. The number of phenols is 1. The fraction of sp³-hybridized carbons (Fsp3) is 0.0526. The number of aromatic hydroxyl groups is 1. The number of benzene rings is 5. The molecule has 246 valence electrons. The number of hydrogen-bond donors (Lipinski definition) is 5. The molecular weight excluding hydrogens is 642 g/mol. The van der Waals surface area contributed by atoms with Crippen molar-refractivity contribution < 1.29 is 34.1 Å². The Morgan fingerprint density at radius 2 is 1.39 bits per heavy atom. The first-order valence-corrected chi connectivity index (χ1v) is 16.0. The summed E-state index contributed by atoms with van der Waals surface area (Å²) in [6, 6.07) is 36.1. The Bertz CT molecular complexity index is 1970. The maximum absolute atomic E-state index is 13.4. The minimum absolute atomic E-state index is 0.0298. The van der Waals surface area contributed by atoms with E-state index in [0.29, 0.717) is 29.2 Å². The van der Waals surface area contributed by atoms with Crippen molar-refractivity contribution in [2.75, 3.05) is 16.4 Å². The van der Waals surface area contributed by atoms with Gasteiger partial charge in [-0.1, -0.05) is 60.7 Å². The van der Waals surface area contributed by atoms with E-state index < -0.39 is 23.5 Å². The van der Waals surface area contributed by atoms with Crippen LogP contribution in [-0.4, -0.2) is 39.7 Å². The predicted molar refractivity (Wildman–Crippen MR) is 189 cm³/mol. The average Bonchev–Trinajstić information content (AvgIpc) is 3.12. The second-order valence-electron chi connectivity index (χ2n) is 10.6. The molecule has 11 heteroatoms. The molecule has 0 bridgehead atoms. The molecule has 0 saturated heterocycles. The fourth-order valence-electron chi connectivity index (χ4n) is 4.47. The average molecular weight is 674 g/mol. The van der Waals surface area contributed by atoms with Crippen molar-refractivity contribution in [1.29, 1.82) is 0 Å². The Morgan fingerprint density at radius 3 is 2.06 bits per heavy atom. The number of rotatable bonds is 13. The lowest BCUT2D eigenvalue weighted by atomic mass is 10.1. The number of amides is 3. The van der Waals surface area contributed by atoms with Gasteiger partial charge in [-0.25, -0.2) is 4.79 Å². The smallest absolute Gasteiger partial charge is 0.339 e. The number of carboxylic acid groups (broad SMARTS) is 1. The Labute approximate surface area is 286 Å². The van der Waals surface area contributed by atoms with Crippen molar-refractivity contribution >= 4 is 52.9 Å². The third-order valence-electron chi connectivity index (χ3n) is 6.96. The molecule has 0 aliphatic heterocycles. The van der Waals surface area contributed by atoms with E-state index in [-0.39, 0.29) is 28.6 Å². The summed E-state index contributed by atoms with van der Waals surface area (Å²) in [5.74, 6) is -2.37.